The Bertz CT molecular complexity index is 399. The lowest BCUT2D eigenvalue weighted by molar-refractivity contribution is 0.272. The smallest absolute Gasteiger partial charge is 0.0406 e. The largest absolute Gasteiger partial charge is 0.314 e. The lowest BCUT2D eigenvalue weighted by Gasteiger charge is -2.26. The second kappa shape index (κ2) is 5.20. The van der Waals surface area contributed by atoms with E-state index in [4.69, 9.17) is 11.6 Å². The molecule has 1 heterocycles. The highest BCUT2D eigenvalue weighted by atomic mass is 35.5. The Kier molecular flexibility index (Phi) is 3.60. The van der Waals surface area contributed by atoms with Crippen molar-refractivity contribution >= 4 is 11.6 Å². The molecule has 1 aliphatic carbocycles. The first kappa shape index (κ1) is 12.5. The molecule has 0 radical (unpaired) electrons. The lowest BCUT2D eigenvalue weighted by atomic mass is 9.93. The molecule has 0 spiro atoms. The van der Waals surface area contributed by atoms with Gasteiger partial charge in [0.25, 0.3) is 0 Å². The zero-order valence-electron chi connectivity index (χ0n) is 10.9. The van der Waals surface area contributed by atoms with Crippen LogP contribution in [0.3, 0.4) is 0 Å². The van der Waals surface area contributed by atoms with Gasteiger partial charge in [0.2, 0.25) is 0 Å². The molecular formula is C15H21ClN2. The minimum absolute atomic E-state index is 0.550. The van der Waals surface area contributed by atoms with E-state index >= 15 is 0 Å². The van der Waals surface area contributed by atoms with Gasteiger partial charge in [-0.05, 0) is 56.5 Å². The van der Waals surface area contributed by atoms with Crippen LogP contribution in [0, 0.1) is 5.92 Å². The number of nitrogens with one attached hydrogen (secondary N) is 1. The molecule has 1 aliphatic heterocycles. The van der Waals surface area contributed by atoms with Gasteiger partial charge >= 0.3 is 0 Å². The molecule has 0 amide bonds. The van der Waals surface area contributed by atoms with Crippen molar-refractivity contribution in [1.29, 1.82) is 0 Å². The van der Waals surface area contributed by atoms with Crippen LogP contribution in [0.2, 0.25) is 5.02 Å². The first-order chi connectivity index (χ1) is 8.74. The normalized spacial score (nSPS) is 28.8. The third-order valence-electron chi connectivity index (χ3n) is 4.23. The Morgan fingerprint density at radius 1 is 1.22 bits per heavy atom. The molecule has 1 saturated heterocycles. The van der Waals surface area contributed by atoms with E-state index in [2.05, 4.69) is 29.4 Å². The third kappa shape index (κ3) is 2.71. The summed E-state index contributed by atoms with van der Waals surface area (Å²) in [6.45, 7) is 2.35. The van der Waals surface area contributed by atoms with E-state index in [1.807, 2.05) is 12.1 Å². The predicted octanol–water partition coefficient (Wildman–Crippen LogP) is 3.08. The van der Waals surface area contributed by atoms with Gasteiger partial charge in [-0.3, -0.25) is 4.90 Å². The first-order valence-electron chi connectivity index (χ1n) is 6.93. The number of hydrogen-bond acceptors (Lipinski definition) is 2. The number of nitrogens with zero attached hydrogens (tertiary/aromatic N) is 1. The average molecular weight is 265 g/mol. The minimum Gasteiger partial charge on any atom is -0.314 e. The molecule has 0 bridgehead atoms. The van der Waals surface area contributed by atoms with Crippen molar-refractivity contribution in [2.24, 2.45) is 5.92 Å². The molecule has 98 valence electrons. The summed E-state index contributed by atoms with van der Waals surface area (Å²) in [5, 5.41) is 4.50. The molecule has 2 fully saturated rings. The maximum absolute atomic E-state index is 5.98. The topological polar surface area (TPSA) is 15.3 Å². The van der Waals surface area contributed by atoms with Crippen LogP contribution in [0.1, 0.15) is 30.9 Å². The predicted molar refractivity (Wildman–Crippen MR) is 76.0 cm³/mol. The Morgan fingerprint density at radius 2 is 1.94 bits per heavy atom. The van der Waals surface area contributed by atoms with Crippen molar-refractivity contribution in [2.75, 3.05) is 20.1 Å². The fourth-order valence-corrected chi connectivity index (χ4v) is 3.16. The fourth-order valence-electron chi connectivity index (χ4n) is 3.03. The van der Waals surface area contributed by atoms with Crippen LogP contribution in [0.25, 0.3) is 0 Å². The Labute approximate surface area is 114 Å². The standard InChI is InChI=1S/C15H21ClN2/c1-18-9-8-12(10-17-14-6-7-14)15(18)11-2-4-13(16)5-3-11/h2-5,12,14-15,17H,6-10H2,1H3. The number of hydrogen-bond donors (Lipinski definition) is 1. The Morgan fingerprint density at radius 3 is 2.61 bits per heavy atom. The minimum atomic E-state index is 0.550. The van der Waals surface area contributed by atoms with Gasteiger partial charge in [-0.2, -0.15) is 0 Å². The van der Waals surface area contributed by atoms with Crippen molar-refractivity contribution in [3.8, 4) is 0 Å². The van der Waals surface area contributed by atoms with E-state index in [-0.39, 0.29) is 0 Å². The highest BCUT2D eigenvalue weighted by molar-refractivity contribution is 6.30. The molecule has 1 saturated carbocycles. The van der Waals surface area contributed by atoms with Gasteiger partial charge in [-0.25, -0.2) is 0 Å². The van der Waals surface area contributed by atoms with E-state index in [0.29, 0.717) is 6.04 Å². The van der Waals surface area contributed by atoms with Crippen LogP contribution >= 0.6 is 11.6 Å². The molecule has 3 heteroatoms. The molecule has 2 unspecified atom stereocenters. The van der Waals surface area contributed by atoms with Crippen LogP contribution in [0.4, 0.5) is 0 Å². The molecule has 0 aromatic heterocycles. The fraction of sp³-hybridized carbons (Fsp3) is 0.600. The van der Waals surface area contributed by atoms with Crippen LogP contribution < -0.4 is 5.32 Å². The number of halogens is 1. The zero-order valence-corrected chi connectivity index (χ0v) is 11.7. The molecule has 1 aromatic rings. The zero-order chi connectivity index (χ0) is 12.5. The summed E-state index contributed by atoms with van der Waals surface area (Å²) >= 11 is 5.98. The maximum Gasteiger partial charge on any atom is 0.0406 e. The van der Waals surface area contributed by atoms with Crippen molar-refractivity contribution in [3.05, 3.63) is 34.9 Å². The van der Waals surface area contributed by atoms with Crippen LogP contribution in [-0.4, -0.2) is 31.1 Å². The van der Waals surface area contributed by atoms with E-state index in [1.54, 1.807) is 0 Å². The molecule has 2 atom stereocenters. The van der Waals surface area contributed by atoms with E-state index in [1.165, 1.54) is 31.4 Å². The summed E-state index contributed by atoms with van der Waals surface area (Å²) in [5.41, 5.74) is 1.40. The van der Waals surface area contributed by atoms with Gasteiger partial charge < -0.3 is 5.32 Å². The summed E-state index contributed by atoms with van der Waals surface area (Å²) in [7, 11) is 2.23. The SMILES string of the molecule is CN1CCC(CNC2CC2)C1c1ccc(Cl)cc1. The molecule has 3 rings (SSSR count). The van der Waals surface area contributed by atoms with E-state index in [9.17, 15) is 0 Å². The second-order valence-corrected chi connectivity index (χ2v) is 6.14. The Hall–Kier alpha value is -0.570. The number of rotatable bonds is 4. The molecule has 18 heavy (non-hydrogen) atoms. The van der Waals surface area contributed by atoms with Crippen LogP contribution in [0.15, 0.2) is 24.3 Å². The monoisotopic (exact) mass is 264 g/mol. The Balaban J connectivity index is 1.71. The number of likely N-dealkylation sites (tertiary alicyclic amines) is 1. The van der Waals surface area contributed by atoms with Crippen molar-refractivity contribution in [2.45, 2.75) is 31.3 Å². The first-order valence-corrected chi connectivity index (χ1v) is 7.31. The highest BCUT2D eigenvalue weighted by Gasteiger charge is 2.33. The van der Waals surface area contributed by atoms with Gasteiger partial charge in [0, 0.05) is 23.7 Å². The summed E-state index contributed by atoms with van der Waals surface area (Å²) in [6.07, 6.45) is 4.03. The van der Waals surface area contributed by atoms with Gasteiger partial charge in [0.1, 0.15) is 0 Å². The summed E-state index contributed by atoms with van der Waals surface area (Å²) in [5.74, 6) is 0.733. The molecule has 2 aliphatic rings. The third-order valence-corrected chi connectivity index (χ3v) is 4.48. The van der Waals surface area contributed by atoms with Gasteiger partial charge in [0.15, 0.2) is 0 Å². The molecule has 2 nitrogen and oxygen atoms in total. The summed E-state index contributed by atoms with van der Waals surface area (Å²) in [4.78, 5) is 2.47. The quantitative estimate of drug-likeness (QED) is 0.899. The van der Waals surface area contributed by atoms with E-state index < -0.39 is 0 Å². The van der Waals surface area contributed by atoms with Crippen molar-refractivity contribution in [3.63, 3.8) is 0 Å². The van der Waals surface area contributed by atoms with E-state index in [0.717, 1.165) is 23.5 Å². The van der Waals surface area contributed by atoms with Gasteiger partial charge in [0.05, 0.1) is 0 Å². The van der Waals surface area contributed by atoms with Crippen molar-refractivity contribution in [1.82, 2.24) is 10.2 Å². The summed E-state index contributed by atoms with van der Waals surface area (Å²) < 4.78 is 0. The number of benzene rings is 1. The second-order valence-electron chi connectivity index (χ2n) is 5.71. The maximum atomic E-state index is 5.98. The van der Waals surface area contributed by atoms with Crippen LogP contribution in [-0.2, 0) is 0 Å². The summed E-state index contributed by atoms with van der Waals surface area (Å²) in [6, 6.07) is 9.73. The molecule has 1 N–H and O–H groups in total. The lowest BCUT2D eigenvalue weighted by Crippen LogP contribution is -2.29. The van der Waals surface area contributed by atoms with Crippen LogP contribution in [0.5, 0.6) is 0 Å². The highest BCUT2D eigenvalue weighted by Crippen LogP contribution is 2.36. The van der Waals surface area contributed by atoms with Gasteiger partial charge in [-0.1, -0.05) is 23.7 Å². The van der Waals surface area contributed by atoms with Crippen molar-refractivity contribution < 1.29 is 0 Å². The average Bonchev–Trinajstić information content (AvgIpc) is 3.12. The molecule has 1 aromatic carbocycles. The molecular weight excluding hydrogens is 244 g/mol. The van der Waals surface area contributed by atoms with Gasteiger partial charge in [-0.15, -0.1) is 0 Å².